The van der Waals surface area contributed by atoms with Gasteiger partial charge in [-0.25, -0.2) is 0 Å². The summed E-state index contributed by atoms with van der Waals surface area (Å²) in [5, 5.41) is 6.49. The molecule has 9 aromatic carbocycles. The Morgan fingerprint density at radius 1 is 0.362 bits per heavy atom. The molecule has 0 bridgehead atoms. The van der Waals surface area contributed by atoms with Crippen LogP contribution in [0.1, 0.15) is 25.0 Å². The summed E-state index contributed by atoms with van der Waals surface area (Å²) in [6.07, 6.45) is 0. The number of nitrogens with zero attached hydrogens (tertiary/aromatic N) is 1. The summed E-state index contributed by atoms with van der Waals surface area (Å²) in [5.41, 5.74) is 16.3. The molecule has 0 saturated carbocycles. The Hall–Kier alpha value is -7.36. The summed E-state index contributed by atoms with van der Waals surface area (Å²) in [6, 6.07) is 67.6. The maximum Gasteiger partial charge on any atom is 0.159 e. The van der Waals surface area contributed by atoms with Crippen LogP contribution in [0.4, 0.5) is 17.1 Å². The van der Waals surface area contributed by atoms with E-state index in [1.54, 1.807) is 0 Å². The second-order valence-corrected chi connectivity index (χ2v) is 16.0. The van der Waals surface area contributed by atoms with E-state index in [9.17, 15) is 0 Å². The summed E-state index contributed by atoms with van der Waals surface area (Å²) in [4.78, 5) is 2.42. The van der Waals surface area contributed by atoms with Gasteiger partial charge in [0.05, 0.1) is 11.4 Å². The zero-order valence-electron chi connectivity index (χ0n) is 32.2. The molecule has 3 heteroatoms. The normalized spacial score (nSPS) is 13.1. The minimum absolute atomic E-state index is 0.171. The molecular formula is C55H37NO2. The molecule has 2 heterocycles. The van der Waals surface area contributed by atoms with Crippen LogP contribution in [-0.2, 0) is 5.41 Å². The van der Waals surface area contributed by atoms with Crippen molar-refractivity contribution < 1.29 is 8.83 Å². The van der Waals surface area contributed by atoms with Gasteiger partial charge in [-0.2, -0.15) is 0 Å². The van der Waals surface area contributed by atoms with Gasteiger partial charge >= 0.3 is 0 Å². The Balaban J connectivity index is 1.18. The monoisotopic (exact) mass is 743 g/mol. The van der Waals surface area contributed by atoms with Gasteiger partial charge in [-0.05, 0) is 87.0 Å². The lowest BCUT2D eigenvalue weighted by Crippen LogP contribution is -2.16. The topological polar surface area (TPSA) is 29.5 Å². The van der Waals surface area contributed by atoms with E-state index >= 15 is 0 Å². The maximum absolute atomic E-state index is 6.96. The van der Waals surface area contributed by atoms with Crippen LogP contribution in [-0.4, -0.2) is 0 Å². The SMILES string of the molecule is CC1(C)c2ccccc2-c2ccc(N(c3cc4c5cc(-c6ccccc6)c(-c6ccccc6)cc5oc4c4ccccc34)c3cccc4c3oc3ccccc34)cc21. The van der Waals surface area contributed by atoms with Crippen LogP contribution in [0.25, 0.3) is 88.0 Å². The first-order valence-corrected chi connectivity index (χ1v) is 20.0. The fourth-order valence-electron chi connectivity index (χ4n) is 9.67. The molecule has 0 spiro atoms. The molecule has 0 amide bonds. The van der Waals surface area contributed by atoms with Crippen molar-refractivity contribution in [2.75, 3.05) is 4.90 Å². The third-order valence-electron chi connectivity index (χ3n) is 12.5. The van der Waals surface area contributed by atoms with E-state index in [0.29, 0.717) is 0 Å². The van der Waals surface area contributed by atoms with Crippen molar-refractivity contribution in [1.29, 1.82) is 0 Å². The summed E-state index contributed by atoms with van der Waals surface area (Å²) < 4.78 is 13.8. The van der Waals surface area contributed by atoms with Crippen molar-refractivity contribution in [3.05, 3.63) is 199 Å². The lowest BCUT2D eigenvalue weighted by Gasteiger charge is -2.29. The largest absolute Gasteiger partial charge is 0.455 e. The molecule has 0 unspecified atom stereocenters. The molecule has 58 heavy (non-hydrogen) atoms. The number of fused-ring (bicyclic) bond motifs is 11. The summed E-state index contributed by atoms with van der Waals surface area (Å²) in [7, 11) is 0. The van der Waals surface area contributed by atoms with Gasteiger partial charge in [-0.1, -0.05) is 159 Å². The minimum Gasteiger partial charge on any atom is -0.455 e. The average molecular weight is 744 g/mol. The molecular weight excluding hydrogens is 707 g/mol. The molecule has 0 atom stereocenters. The number of benzene rings is 9. The highest BCUT2D eigenvalue weighted by Gasteiger charge is 2.36. The van der Waals surface area contributed by atoms with Gasteiger partial charge in [0.1, 0.15) is 16.7 Å². The predicted molar refractivity (Wildman–Crippen MR) is 242 cm³/mol. The van der Waals surface area contributed by atoms with Crippen LogP contribution in [0.5, 0.6) is 0 Å². The van der Waals surface area contributed by atoms with E-state index < -0.39 is 0 Å². The van der Waals surface area contributed by atoms with Gasteiger partial charge in [0.25, 0.3) is 0 Å². The van der Waals surface area contributed by atoms with Gasteiger partial charge in [-0.3, -0.25) is 0 Å². The molecule has 0 N–H and O–H groups in total. The van der Waals surface area contributed by atoms with E-state index in [1.807, 2.05) is 6.07 Å². The van der Waals surface area contributed by atoms with Crippen LogP contribution in [0, 0.1) is 0 Å². The fraction of sp³-hybridized carbons (Fsp3) is 0.0545. The summed E-state index contributed by atoms with van der Waals surface area (Å²) >= 11 is 0. The van der Waals surface area contributed by atoms with Gasteiger partial charge in [0.15, 0.2) is 5.58 Å². The molecule has 274 valence electrons. The van der Waals surface area contributed by atoms with Crippen LogP contribution in [0.2, 0.25) is 0 Å². The lowest BCUT2D eigenvalue weighted by molar-refractivity contribution is 0.660. The van der Waals surface area contributed by atoms with Crippen molar-refractivity contribution in [1.82, 2.24) is 0 Å². The van der Waals surface area contributed by atoms with Gasteiger partial charge < -0.3 is 13.7 Å². The van der Waals surface area contributed by atoms with Gasteiger partial charge in [0, 0.05) is 43.4 Å². The molecule has 11 aromatic rings. The number of anilines is 3. The third-order valence-corrected chi connectivity index (χ3v) is 12.5. The van der Waals surface area contributed by atoms with Crippen molar-refractivity contribution >= 4 is 71.7 Å². The van der Waals surface area contributed by atoms with Gasteiger partial charge in [-0.15, -0.1) is 0 Å². The summed E-state index contributed by atoms with van der Waals surface area (Å²) in [5.74, 6) is 0. The van der Waals surface area contributed by atoms with E-state index in [0.717, 1.165) is 82.8 Å². The molecule has 0 radical (unpaired) electrons. The Labute approximate surface area is 336 Å². The van der Waals surface area contributed by atoms with Crippen molar-refractivity contribution in [2.45, 2.75) is 19.3 Å². The quantitative estimate of drug-likeness (QED) is 0.176. The minimum atomic E-state index is -0.171. The third kappa shape index (κ3) is 4.74. The number of rotatable bonds is 5. The van der Waals surface area contributed by atoms with Crippen LogP contribution in [0.15, 0.2) is 197 Å². The van der Waals surface area contributed by atoms with Gasteiger partial charge in [0.2, 0.25) is 0 Å². The number of hydrogen-bond acceptors (Lipinski definition) is 3. The number of furan rings is 2. The van der Waals surface area contributed by atoms with Crippen molar-refractivity contribution in [3.63, 3.8) is 0 Å². The lowest BCUT2D eigenvalue weighted by atomic mass is 9.82. The molecule has 1 aliphatic carbocycles. The first-order chi connectivity index (χ1) is 28.5. The molecule has 1 aliphatic rings. The van der Waals surface area contributed by atoms with Crippen molar-refractivity contribution in [3.8, 4) is 33.4 Å². The smallest absolute Gasteiger partial charge is 0.159 e. The van der Waals surface area contributed by atoms with E-state index in [-0.39, 0.29) is 5.41 Å². The van der Waals surface area contributed by atoms with E-state index in [1.165, 1.54) is 33.4 Å². The highest BCUT2D eigenvalue weighted by Crippen LogP contribution is 2.53. The molecule has 0 saturated heterocycles. The Kier molecular flexibility index (Phi) is 6.98. The highest BCUT2D eigenvalue weighted by atomic mass is 16.3. The van der Waals surface area contributed by atoms with Crippen LogP contribution >= 0.6 is 0 Å². The first kappa shape index (κ1) is 32.8. The standard InChI is InChI=1S/C55H37NO2/c1-55(2)47-25-13-11-20-37(47)38-29-28-36(30-48(38)55)56(49-26-15-24-42-40-22-12-14-27-51(40)57-54(42)49)50-32-46-45-31-43(34-16-5-3-6-17-34)44(35-18-7-4-8-19-35)33-52(45)58-53(46)41-23-10-9-21-39(41)50/h3-33H,1-2H3. The van der Waals surface area contributed by atoms with Crippen molar-refractivity contribution in [2.24, 2.45) is 0 Å². The highest BCUT2D eigenvalue weighted by molar-refractivity contribution is 6.21. The maximum atomic E-state index is 6.96. The fourth-order valence-corrected chi connectivity index (χ4v) is 9.67. The number of para-hydroxylation sites is 2. The Morgan fingerprint density at radius 2 is 0.966 bits per heavy atom. The van der Waals surface area contributed by atoms with Crippen LogP contribution in [0.3, 0.4) is 0 Å². The predicted octanol–water partition coefficient (Wildman–Crippen LogP) is 15.7. The zero-order valence-corrected chi connectivity index (χ0v) is 32.2. The van der Waals surface area contributed by atoms with Crippen LogP contribution < -0.4 is 4.90 Å². The Morgan fingerprint density at radius 3 is 1.76 bits per heavy atom. The molecule has 0 aliphatic heterocycles. The first-order valence-electron chi connectivity index (χ1n) is 20.0. The molecule has 0 fully saturated rings. The average Bonchev–Trinajstić information content (AvgIpc) is 3.92. The summed E-state index contributed by atoms with van der Waals surface area (Å²) in [6.45, 7) is 4.69. The number of hydrogen-bond donors (Lipinski definition) is 0. The Bertz CT molecular complexity index is 3430. The second-order valence-electron chi connectivity index (χ2n) is 16.0. The van der Waals surface area contributed by atoms with E-state index in [4.69, 9.17) is 8.83 Å². The second kappa shape index (κ2) is 12.3. The molecule has 12 rings (SSSR count). The zero-order chi connectivity index (χ0) is 38.5. The molecule has 3 nitrogen and oxygen atoms in total. The van der Waals surface area contributed by atoms with E-state index in [2.05, 4.69) is 201 Å². The molecule has 2 aromatic heterocycles.